The Kier molecular flexibility index (Phi) is 2.97. The minimum absolute atomic E-state index is 0.000648. The number of nitrogens with zero attached hydrogens (tertiary/aromatic N) is 1. The van der Waals surface area contributed by atoms with Gasteiger partial charge in [0.25, 0.3) is 0 Å². The molecule has 0 saturated carbocycles. The molecule has 0 bridgehead atoms. The second-order valence-corrected chi connectivity index (χ2v) is 3.78. The Hall–Kier alpha value is -1.74. The molecule has 2 rings (SSSR count). The third kappa shape index (κ3) is 1.82. The molecule has 3 nitrogen and oxygen atoms in total. The molecule has 1 aromatic carbocycles. The van der Waals surface area contributed by atoms with Crippen molar-refractivity contribution in [3.8, 4) is 0 Å². The smallest absolute Gasteiger partial charge is 0.180 e. The number of ketones is 1. The summed E-state index contributed by atoms with van der Waals surface area (Å²) in [7, 11) is 0. The molecule has 0 spiro atoms. The van der Waals surface area contributed by atoms with Crippen LogP contribution in [0.3, 0.4) is 0 Å². The molecule has 2 aromatic rings. The molecule has 0 aliphatic carbocycles. The molecule has 1 heterocycles. The number of aromatic nitrogens is 1. The van der Waals surface area contributed by atoms with E-state index in [1.165, 1.54) is 0 Å². The third-order valence-corrected chi connectivity index (χ3v) is 2.72. The average molecular weight is 214 g/mol. The van der Waals surface area contributed by atoms with Crippen molar-refractivity contribution in [1.29, 1.82) is 0 Å². The van der Waals surface area contributed by atoms with Crippen LogP contribution in [-0.2, 0) is 0 Å². The van der Waals surface area contributed by atoms with Crippen LogP contribution in [0.5, 0.6) is 0 Å². The van der Waals surface area contributed by atoms with Crippen LogP contribution < -0.4 is 5.73 Å². The number of hydrogen-bond donors (Lipinski definition) is 1. The second kappa shape index (κ2) is 4.41. The van der Waals surface area contributed by atoms with Gasteiger partial charge < -0.3 is 5.73 Å². The van der Waals surface area contributed by atoms with Gasteiger partial charge in [0.1, 0.15) is 0 Å². The van der Waals surface area contributed by atoms with Crippen molar-refractivity contribution in [3.63, 3.8) is 0 Å². The van der Waals surface area contributed by atoms with Gasteiger partial charge in [0, 0.05) is 23.3 Å². The van der Waals surface area contributed by atoms with Gasteiger partial charge in [-0.2, -0.15) is 0 Å². The molecule has 2 N–H and O–H groups in total. The molecule has 82 valence electrons. The van der Waals surface area contributed by atoms with E-state index >= 15 is 0 Å². The lowest BCUT2D eigenvalue weighted by molar-refractivity contribution is 0.0961. The average Bonchev–Trinajstić information content (AvgIpc) is 2.36. The summed E-state index contributed by atoms with van der Waals surface area (Å²) in [5, 5.41) is 1.89. The molecule has 0 amide bonds. The van der Waals surface area contributed by atoms with Crippen molar-refractivity contribution in [2.75, 3.05) is 0 Å². The van der Waals surface area contributed by atoms with E-state index < -0.39 is 6.04 Å². The summed E-state index contributed by atoms with van der Waals surface area (Å²) >= 11 is 0. The topological polar surface area (TPSA) is 56.0 Å². The first-order chi connectivity index (χ1) is 7.74. The molecule has 0 aliphatic heterocycles. The Morgan fingerprint density at radius 2 is 2.25 bits per heavy atom. The highest BCUT2D eigenvalue weighted by molar-refractivity contribution is 6.10. The van der Waals surface area contributed by atoms with Gasteiger partial charge >= 0.3 is 0 Å². The quantitative estimate of drug-likeness (QED) is 0.796. The van der Waals surface area contributed by atoms with Crippen molar-refractivity contribution >= 4 is 16.6 Å². The minimum atomic E-state index is -0.418. The Morgan fingerprint density at radius 3 is 3.00 bits per heavy atom. The minimum Gasteiger partial charge on any atom is -0.321 e. The number of carbonyl (C=O) groups is 1. The zero-order valence-corrected chi connectivity index (χ0v) is 9.18. The van der Waals surface area contributed by atoms with E-state index in [-0.39, 0.29) is 5.78 Å². The summed E-state index contributed by atoms with van der Waals surface area (Å²) in [4.78, 5) is 16.1. The number of rotatable bonds is 3. The van der Waals surface area contributed by atoms with E-state index in [1.807, 2.05) is 31.2 Å². The van der Waals surface area contributed by atoms with E-state index in [0.717, 1.165) is 10.8 Å². The molecule has 1 unspecified atom stereocenters. The first-order valence-corrected chi connectivity index (χ1v) is 5.36. The summed E-state index contributed by atoms with van der Waals surface area (Å²) in [6.07, 6.45) is 4.10. The maximum absolute atomic E-state index is 12.0. The molecule has 3 heteroatoms. The number of fused-ring (bicyclic) bond motifs is 1. The normalized spacial score (nSPS) is 12.6. The largest absolute Gasteiger partial charge is 0.321 e. The number of benzene rings is 1. The van der Waals surface area contributed by atoms with Gasteiger partial charge in [0.05, 0.1) is 6.04 Å². The summed E-state index contributed by atoms with van der Waals surface area (Å²) in [5.41, 5.74) is 6.46. The van der Waals surface area contributed by atoms with Crippen molar-refractivity contribution in [2.45, 2.75) is 19.4 Å². The Balaban J connectivity index is 2.56. The molecule has 0 radical (unpaired) electrons. The lowest BCUT2D eigenvalue weighted by Gasteiger charge is -2.09. The summed E-state index contributed by atoms with van der Waals surface area (Å²) in [6, 6.07) is 7.06. The van der Waals surface area contributed by atoms with E-state index in [0.29, 0.717) is 12.0 Å². The van der Waals surface area contributed by atoms with Crippen molar-refractivity contribution in [2.24, 2.45) is 5.73 Å². The van der Waals surface area contributed by atoms with Crippen molar-refractivity contribution in [1.82, 2.24) is 4.98 Å². The summed E-state index contributed by atoms with van der Waals surface area (Å²) in [5.74, 6) is -0.000648. The lowest BCUT2D eigenvalue weighted by atomic mass is 9.98. The number of pyridine rings is 1. The van der Waals surface area contributed by atoms with Crippen molar-refractivity contribution in [3.05, 3.63) is 42.2 Å². The maximum atomic E-state index is 12.0. The summed E-state index contributed by atoms with van der Waals surface area (Å²) < 4.78 is 0. The van der Waals surface area contributed by atoms with Crippen molar-refractivity contribution < 1.29 is 4.79 Å². The van der Waals surface area contributed by atoms with E-state index in [1.54, 1.807) is 12.4 Å². The predicted molar refractivity (Wildman–Crippen MR) is 64.3 cm³/mol. The van der Waals surface area contributed by atoms with Crippen LogP contribution in [0.2, 0.25) is 0 Å². The molecule has 16 heavy (non-hydrogen) atoms. The molecule has 0 saturated heterocycles. The monoisotopic (exact) mass is 214 g/mol. The van der Waals surface area contributed by atoms with Gasteiger partial charge in [0.2, 0.25) is 0 Å². The van der Waals surface area contributed by atoms with Gasteiger partial charge in [-0.15, -0.1) is 0 Å². The lowest BCUT2D eigenvalue weighted by Crippen LogP contribution is -2.29. The fourth-order valence-electron chi connectivity index (χ4n) is 1.72. The number of hydrogen-bond acceptors (Lipinski definition) is 3. The van der Waals surface area contributed by atoms with Crippen LogP contribution in [0.4, 0.5) is 0 Å². The van der Waals surface area contributed by atoms with Crippen LogP contribution in [0.15, 0.2) is 36.7 Å². The molecule has 0 aliphatic rings. The zero-order valence-electron chi connectivity index (χ0n) is 9.18. The molecular formula is C13H14N2O. The van der Waals surface area contributed by atoms with Gasteiger partial charge in [0.15, 0.2) is 5.78 Å². The van der Waals surface area contributed by atoms with Crippen LogP contribution in [-0.4, -0.2) is 16.8 Å². The molecule has 1 atom stereocenters. The number of carbonyl (C=O) groups excluding carboxylic acids is 1. The number of nitrogens with two attached hydrogens (primary N) is 1. The highest BCUT2D eigenvalue weighted by Crippen LogP contribution is 2.18. The predicted octanol–water partition coefficient (Wildman–Crippen LogP) is 2.15. The third-order valence-electron chi connectivity index (χ3n) is 2.72. The van der Waals surface area contributed by atoms with E-state index in [9.17, 15) is 4.79 Å². The number of Topliss-reactive ketones (excluding diaryl/α,β-unsaturated/α-hetero) is 1. The van der Waals surface area contributed by atoms with Gasteiger partial charge in [-0.3, -0.25) is 9.78 Å². The van der Waals surface area contributed by atoms with Crippen LogP contribution in [0.25, 0.3) is 10.8 Å². The van der Waals surface area contributed by atoms with Gasteiger partial charge in [-0.05, 0) is 17.9 Å². The SMILES string of the molecule is CCC(N)C(=O)c1cccc2cnccc12. The zero-order chi connectivity index (χ0) is 11.5. The van der Waals surface area contributed by atoms with Crippen LogP contribution >= 0.6 is 0 Å². The highest BCUT2D eigenvalue weighted by atomic mass is 16.1. The maximum Gasteiger partial charge on any atom is 0.180 e. The highest BCUT2D eigenvalue weighted by Gasteiger charge is 2.15. The Labute approximate surface area is 94.3 Å². The fraction of sp³-hybridized carbons (Fsp3) is 0.231. The second-order valence-electron chi connectivity index (χ2n) is 3.78. The van der Waals surface area contributed by atoms with Gasteiger partial charge in [-0.25, -0.2) is 0 Å². The standard InChI is InChI=1S/C13H14N2O/c1-2-12(14)13(16)11-5-3-4-9-8-15-7-6-10(9)11/h3-8,12H,2,14H2,1H3. The Bertz CT molecular complexity index is 517. The first kappa shape index (κ1) is 10.8. The van der Waals surface area contributed by atoms with E-state index in [4.69, 9.17) is 5.73 Å². The van der Waals surface area contributed by atoms with Gasteiger partial charge in [-0.1, -0.05) is 25.1 Å². The fourth-order valence-corrected chi connectivity index (χ4v) is 1.72. The molecular weight excluding hydrogens is 200 g/mol. The summed E-state index contributed by atoms with van der Waals surface area (Å²) in [6.45, 7) is 1.91. The Morgan fingerprint density at radius 1 is 1.44 bits per heavy atom. The molecule has 1 aromatic heterocycles. The van der Waals surface area contributed by atoms with Crippen LogP contribution in [0, 0.1) is 0 Å². The first-order valence-electron chi connectivity index (χ1n) is 5.36. The van der Waals surface area contributed by atoms with Crippen LogP contribution in [0.1, 0.15) is 23.7 Å². The van der Waals surface area contributed by atoms with E-state index in [2.05, 4.69) is 4.98 Å². The molecule has 0 fully saturated rings.